The number of nitro benzene ring substituents is 1. The Hall–Kier alpha value is -2.15. The summed E-state index contributed by atoms with van der Waals surface area (Å²) in [5, 5.41) is 14.2. The van der Waals surface area contributed by atoms with E-state index in [0.29, 0.717) is 31.4 Å². The van der Waals surface area contributed by atoms with E-state index in [9.17, 15) is 14.9 Å². The van der Waals surface area contributed by atoms with Gasteiger partial charge in [-0.15, -0.1) is 0 Å². The van der Waals surface area contributed by atoms with Crippen molar-refractivity contribution in [2.24, 2.45) is 5.92 Å². The Morgan fingerprint density at radius 3 is 2.60 bits per heavy atom. The molecular formula is C18H26N4O3. The standard InChI is InChI=1S/C18H26N4O3/c1-20(15-6-7-15)13-10-19-18(23)14-8-11-21(12-9-14)16-4-2-3-5-17(16)22(24)25/h2-5,14-15H,6-13H2,1H3,(H,19,23). The van der Waals surface area contributed by atoms with Gasteiger partial charge in [0.05, 0.1) is 4.92 Å². The Balaban J connectivity index is 1.46. The van der Waals surface area contributed by atoms with Gasteiger partial charge < -0.3 is 15.1 Å². The molecule has 1 N–H and O–H groups in total. The van der Waals surface area contributed by atoms with Crippen molar-refractivity contribution in [3.63, 3.8) is 0 Å². The van der Waals surface area contributed by atoms with Gasteiger partial charge >= 0.3 is 0 Å². The molecule has 2 aliphatic rings. The van der Waals surface area contributed by atoms with Gasteiger partial charge in [-0.3, -0.25) is 14.9 Å². The first kappa shape index (κ1) is 17.7. The van der Waals surface area contributed by atoms with E-state index in [1.54, 1.807) is 12.1 Å². The number of amides is 1. The normalized spacial score (nSPS) is 18.4. The van der Waals surface area contributed by atoms with E-state index >= 15 is 0 Å². The minimum absolute atomic E-state index is 0.00486. The van der Waals surface area contributed by atoms with Gasteiger partial charge in [0.1, 0.15) is 5.69 Å². The molecule has 1 aliphatic heterocycles. The van der Waals surface area contributed by atoms with Crippen LogP contribution < -0.4 is 10.2 Å². The fourth-order valence-corrected chi connectivity index (χ4v) is 3.47. The molecule has 1 aromatic rings. The predicted octanol–water partition coefficient (Wildman–Crippen LogP) is 2.02. The maximum Gasteiger partial charge on any atom is 0.292 e. The summed E-state index contributed by atoms with van der Waals surface area (Å²) in [6, 6.07) is 7.52. The second-order valence-electron chi connectivity index (χ2n) is 7.01. The first-order valence-corrected chi connectivity index (χ1v) is 9.02. The van der Waals surface area contributed by atoms with Crippen LogP contribution in [0.15, 0.2) is 24.3 Å². The number of carbonyl (C=O) groups is 1. The first-order chi connectivity index (χ1) is 12.1. The van der Waals surface area contributed by atoms with Gasteiger partial charge in [-0.05, 0) is 38.8 Å². The number of piperidine rings is 1. The quantitative estimate of drug-likeness (QED) is 0.604. The highest BCUT2D eigenvalue weighted by Gasteiger charge is 2.29. The Morgan fingerprint density at radius 2 is 1.96 bits per heavy atom. The number of hydrogen-bond acceptors (Lipinski definition) is 5. The number of hydrogen-bond donors (Lipinski definition) is 1. The van der Waals surface area contributed by atoms with Gasteiger partial charge in [0.2, 0.25) is 5.91 Å². The Labute approximate surface area is 148 Å². The lowest BCUT2D eigenvalue weighted by atomic mass is 9.95. The zero-order valence-electron chi connectivity index (χ0n) is 14.7. The third-order valence-electron chi connectivity index (χ3n) is 5.22. The lowest BCUT2D eigenvalue weighted by Gasteiger charge is -2.32. The fourth-order valence-electron chi connectivity index (χ4n) is 3.47. The van der Waals surface area contributed by atoms with Crippen LogP contribution in [0.2, 0.25) is 0 Å². The Bertz CT molecular complexity index is 625. The van der Waals surface area contributed by atoms with E-state index < -0.39 is 0 Å². The fraction of sp³-hybridized carbons (Fsp3) is 0.611. The third kappa shape index (κ3) is 4.48. The maximum absolute atomic E-state index is 12.3. The lowest BCUT2D eigenvalue weighted by molar-refractivity contribution is -0.384. The summed E-state index contributed by atoms with van der Waals surface area (Å²) in [6.07, 6.45) is 4.01. The molecule has 7 nitrogen and oxygen atoms in total. The van der Waals surface area contributed by atoms with Gasteiger partial charge in [-0.25, -0.2) is 0 Å². The first-order valence-electron chi connectivity index (χ1n) is 9.02. The van der Waals surface area contributed by atoms with Crippen molar-refractivity contribution in [3.8, 4) is 0 Å². The highest BCUT2D eigenvalue weighted by Crippen LogP contribution is 2.31. The molecule has 1 aromatic carbocycles. The topological polar surface area (TPSA) is 78.7 Å². The van der Waals surface area contributed by atoms with Crippen LogP contribution in [0.25, 0.3) is 0 Å². The van der Waals surface area contributed by atoms with Gasteiger partial charge in [-0.1, -0.05) is 12.1 Å². The summed E-state index contributed by atoms with van der Waals surface area (Å²) < 4.78 is 0. The highest BCUT2D eigenvalue weighted by atomic mass is 16.6. The van der Waals surface area contributed by atoms with Crippen LogP contribution >= 0.6 is 0 Å². The van der Waals surface area contributed by atoms with E-state index in [1.807, 2.05) is 11.0 Å². The van der Waals surface area contributed by atoms with Crippen LogP contribution in [0.4, 0.5) is 11.4 Å². The van der Waals surface area contributed by atoms with Crippen LogP contribution in [0.1, 0.15) is 25.7 Å². The monoisotopic (exact) mass is 346 g/mol. The average Bonchev–Trinajstić information content (AvgIpc) is 3.47. The van der Waals surface area contributed by atoms with Gasteiger partial charge in [0.25, 0.3) is 5.69 Å². The molecule has 0 radical (unpaired) electrons. The summed E-state index contributed by atoms with van der Waals surface area (Å²) >= 11 is 0. The van der Waals surface area contributed by atoms with Gasteiger partial charge in [0, 0.05) is 44.2 Å². The van der Waals surface area contributed by atoms with Crippen LogP contribution in [-0.4, -0.2) is 55.0 Å². The van der Waals surface area contributed by atoms with E-state index in [0.717, 1.165) is 19.4 Å². The molecule has 1 saturated heterocycles. The minimum Gasteiger partial charge on any atom is -0.366 e. The van der Waals surface area contributed by atoms with Gasteiger partial charge in [0.15, 0.2) is 0 Å². The van der Waals surface area contributed by atoms with Gasteiger partial charge in [-0.2, -0.15) is 0 Å². The van der Waals surface area contributed by atoms with Crippen LogP contribution in [0.5, 0.6) is 0 Å². The van der Waals surface area contributed by atoms with E-state index in [2.05, 4.69) is 17.3 Å². The molecule has 0 aromatic heterocycles. The number of nitrogens with zero attached hydrogens (tertiary/aromatic N) is 3. The van der Waals surface area contributed by atoms with Crippen molar-refractivity contribution < 1.29 is 9.72 Å². The molecule has 7 heteroatoms. The number of carbonyl (C=O) groups excluding carboxylic acids is 1. The summed E-state index contributed by atoms with van der Waals surface area (Å²) in [5.41, 5.74) is 0.783. The zero-order chi connectivity index (χ0) is 17.8. The number of para-hydroxylation sites is 2. The van der Waals surface area contributed by atoms with Crippen LogP contribution in [-0.2, 0) is 4.79 Å². The summed E-state index contributed by atoms with van der Waals surface area (Å²) in [6.45, 7) is 2.93. The highest BCUT2D eigenvalue weighted by molar-refractivity contribution is 5.79. The molecular weight excluding hydrogens is 320 g/mol. The molecule has 1 saturated carbocycles. The maximum atomic E-state index is 12.3. The van der Waals surface area contributed by atoms with Crippen LogP contribution in [0, 0.1) is 16.0 Å². The number of nitrogens with one attached hydrogen (secondary N) is 1. The number of rotatable bonds is 7. The van der Waals surface area contributed by atoms with E-state index in [4.69, 9.17) is 0 Å². The lowest BCUT2D eigenvalue weighted by Crippen LogP contribution is -2.42. The second kappa shape index (κ2) is 7.82. The summed E-state index contributed by atoms with van der Waals surface area (Å²) in [7, 11) is 2.11. The number of nitro groups is 1. The van der Waals surface area contributed by atoms with E-state index in [1.165, 1.54) is 18.9 Å². The van der Waals surface area contributed by atoms with Crippen molar-refractivity contribution >= 4 is 17.3 Å². The molecule has 3 rings (SSSR count). The molecule has 1 amide bonds. The third-order valence-corrected chi connectivity index (χ3v) is 5.22. The average molecular weight is 346 g/mol. The van der Waals surface area contributed by atoms with Crippen molar-refractivity contribution in [2.75, 3.05) is 38.1 Å². The minimum atomic E-state index is -0.343. The summed E-state index contributed by atoms with van der Waals surface area (Å²) in [5.74, 6) is 0.122. The SMILES string of the molecule is CN(CCNC(=O)C1CCN(c2ccccc2[N+](=O)[O-])CC1)C1CC1. The van der Waals surface area contributed by atoms with Crippen molar-refractivity contribution in [2.45, 2.75) is 31.7 Å². The van der Waals surface area contributed by atoms with Crippen LogP contribution in [0.3, 0.4) is 0 Å². The predicted molar refractivity (Wildman–Crippen MR) is 96.7 cm³/mol. The van der Waals surface area contributed by atoms with Crippen molar-refractivity contribution in [1.29, 1.82) is 0 Å². The molecule has 0 unspecified atom stereocenters. The molecule has 1 heterocycles. The van der Waals surface area contributed by atoms with Crippen molar-refractivity contribution in [1.82, 2.24) is 10.2 Å². The van der Waals surface area contributed by atoms with E-state index in [-0.39, 0.29) is 22.4 Å². The number of benzene rings is 1. The largest absolute Gasteiger partial charge is 0.366 e. The summed E-state index contributed by atoms with van der Waals surface area (Å²) in [4.78, 5) is 27.5. The van der Waals surface area contributed by atoms with Crippen molar-refractivity contribution in [3.05, 3.63) is 34.4 Å². The molecule has 0 bridgehead atoms. The molecule has 136 valence electrons. The second-order valence-corrected chi connectivity index (χ2v) is 7.01. The zero-order valence-corrected chi connectivity index (χ0v) is 14.7. The Morgan fingerprint density at radius 1 is 1.28 bits per heavy atom. The molecule has 2 fully saturated rings. The molecule has 0 spiro atoms. The molecule has 1 aliphatic carbocycles. The Kier molecular flexibility index (Phi) is 5.53. The smallest absolute Gasteiger partial charge is 0.292 e. The molecule has 0 atom stereocenters. The number of likely N-dealkylation sites (N-methyl/N-ethyl adjacent to an activating group) is 1. The number of anilines is 1. The molecule has 25 heavy (non-hydrogen) atoms.